The Labute approximate surface area is 204 Å². The zero-order chi connectivity index (χ0) is 24.2. The van der Waals surface area contributed by atoms with Crippen molar-refractivity contribution in [1.82, 2.24) is 10.2 Å². The highest BCUT2D eigenvalue weighted by molar-refractivity contribution is 6.03. The maximum atomic E-state index is 12.8. The zero-order valence-electron chi connectivity index (χ0n) is 19.6. The third-order valence-electron chi connectivity index (χ3n) is 6.42. The molecule has 2 saturated heterocycles. The van der Waals surface area contributed by atoms with Gasteiger partial charge in [-0.3, -0.25) is 9.59 Å². The Kier molecular flexibility index (Phi) is 6.47. The summed E-state index contributed by atoms with van der Waals surface area (Å²) in [5.41, 5.74) is 3.35. The van der Waals surface area contributed by atoms with Gasteiger partial charge in [-0.05, 0) is 61.4 Å². The molecular weight excluding hydrogens is 444 g/mol. The van der Waals surface area contributed by atoms with Crippen molar-refractivity contribution < 1.29 is 14.3 Å². The summed E-state index contributed by atoms with van der Waals surface area (Å²) < 4.78 is 5.17. The average molecular weight is 473 g/mol. The number of hydrogen-bond acceptors (Lipinski definition) is 7. The quantitative estimate of drug-likeness (QED) is 0.539. The van der Waals surface area contributed by atoms with E-state index in [9.17, 15) is 9.59 Å². The standard InChI is InChI=1S/C26H28N6O3/c1-35-23-10-8-21(9-11-23)32-17-18(14-25(32)33)26(34)29-20-6-4-19(5-7-20)28-24-15-22(16-27-30-24)31-12-2-3-13-31/h4-11,15-16,18H,2-3,12-14,17H2,1H3,(H,28,30)(H,29,34). The molecule has 3 aromatic rings. The van der Waals surface area contributed by atoms with Crippen molar-refractivity contribution in [1.29, 1.82) is 0 Å². The first-order chi connectivity index (χ1) is 17.1. The van der Waals surface area contributed by atoms with E-state index in [0.717, 1.165) is 35.9 Å². The van der Waals surface area contributed by atoms with Crippen molar-refractivity contribution in [2.75, 3.05) is 47.2 Å². The van der Waals surface area contributed by atoms with Crippen LogP contribution in [0.5, 0.6) is 5.75 Å². The first kappa shape index (κ1) is 22.6. The number of hydrogen-bond donors (Lipinski definition) is 2. The van der Waals surface area contributed by atoms with E-state index in [0.29, 0.717) is 18.1 Å². The summed E-state index contributed by atoms with van der Waals surface area (Å²) in [6, 6.07) is 16.7. The molecule has 1 unspecified atom stereocenters. The molecule has 2 amide bonds. The Hall–Kier alpha value is -4.14. The van der Waals surface area contributed by atoms with Crippen LogP contribution in [-0.4, -0.2) is 48.8 Å². The molecule has 9 nitrogen and oxygen atoms in total. The molecule has 180 valence electrons. The van der Waals surface area contributed by atoms with E-state index in [4.69, 9.17) is 4.74 Å². The molecule has 0 bridgehead atoms. The number of nitrogens with zero attached hydrogens (tertiary/aromatic N) is 4. The molecule has 2 N–H and O–H groups in total. The summed E-state index contributed by atoms with van der Waals surface area (Å²) in [7, 11) is 1.60. The molecule has 0 saturated carbocycles. The van der Waals surface area contributed by atoms with Gasteiger partial charge in [0, 0.05) is 49.2 Å². The minimum atomic E-state index is -0.411. The Morgan fingerprint density at radius 2 is 1.71 bits per heavy atom. The Morgan fingerprint density at radius 1 is 1.00 bits per heavy atom. The molecule has 2 aliphatic rings. The van der Waals surface area contributed by atoms with Gasteiger partial charge in [-0.2, -0.15) is 5.10 Å². The summed E-state index contributed by atoms with van der Waals surface area (Å²) in [5, 5.41) is 14.5. The summed E-state index contributed by atoms with van der Waals surface area (Å²) >= 11 is 0. The summed E-state index contributed by atoms with van der Waals surface area (Å²) in [6.07, 6.45) is 4.38. The van der Waals surface area contributed by atoms with Crippen LogP contribution in [0.15, 0.2) is 60.8 Å². The van der Waals surface area contributed by atoms with Gasteiger partial charge in [0.25, 0.3) is 0 Å². The third-order valence-corrected chi connectivity index (χ3v) is 6.42. The number of rotatable bonds is 7. The summed E-state index contributed by atoms with van der Waals surface area (Å²) in [5.74, 6) is 0.755. The lowest BCUT2D eigenvalue weighted by atomic mass is 10.1. The fourth-order valence-electron chi connectivity index (χ4n) is 4.49. The van der Waals surface area contributed by atoms with Crippen LogP contribution >= 0.6 is 0 Å². The predicted molar refractivity (Wildman–Crippen MR) is 135 cm³/mol. The van der Waals surface area contributed by atoms with Crippen molar-refractivity contribution in [3.8, 4) is 5.75 Å². The van der Waals surface area contributed by atoms with Gasteiger partial charge in [0.2, 0.25) is 11.8 Å². The number of carbonyl (C=O) groups excluding carboxylic acids is 2. The smallest absolute Gasteiger partial charge is 0.229 e. The molecule has 1 atom stereocenters. The normalized spacial score (nSPS) is 17.5. The second-order valence-electron chi connectivity index (χ2n) is 8.79. The van der Waals surface area contributed by atoms with Crippen LogP contribution in [0.3, 0.4) is 0 Å². The minimum absolute atomic E-state index is 0.0628. The van der Waals surface area contributed by atoms with Crippen molar-refractivity contribution in [2.24, 2.45) is 5.92 Å². The number of anilines is 5. The first-order valence-electron chi connectivity index (χ1n) is 11.8. The first-order valence-corrected chi connectivity index (χ1v) is 11.8. The number of nitrogens with one attached hydrogen (secondary N) is 2. The van der Waals surface area contributed by atoms with E-state index in [-0.39, 0.29) is 18.2 Å². The lowest BCUT2D eigenvalue weighted by Gasteiger charge is -2.17. The number of methoxy groups -OCH3 is 1. The number of ether oxygens (including phenoxy) is 1. The topological polar surface area (TPSA) is 99.7 Å². The van der Waals surface area contributed by atoms with Gasteiger partial charge < -0.3 is 25.2 Å². The lowest BCUT2D eigenvalue weighted by Crippen LogP contribution is -2.28. The Bertz CT molecular complexity index is 1190. The van der Waals surface area contributed by atoms with E-state index >= 15 is 0 Å². The van der Waals surface area contributed by atoms with Crippen LogP contribution in [0, 0.1) is 5.92 Å². The van der Waals surface area contributed by atoms with Gasteiger partial charge in [0.05, 0.1) is 24.9 Å². The maximum absolute atomic E-state index is 12.8. The molecule has 9 heteroatoms. The second-order valence-corrected chi connectivity index (χ2v) is 8.79. The van der Waals surface area contributed by atoms with E-state index in [1.54, 1.807) is 30.3 Å². The number of carbonyl (C=O) groups is 2. The highest BCUT2D eigenvalue weighted by atomic mass is 16.5. The van der Waals surface area contributed by atoms with Gasteiger partial charge in [0.1, 0.15) is 5.75 Å². The zero-order valence-corrected chi connectivity index (χ0v) is 19.6. The van der Waals surface area contributed by atoms with Crippen molar-refractivity contribution >= 4 is 40.4 Å². The van der Waals surface area contributed by atoms with Gasteiger partial charge in [-0.15, -0.1) is 5.10 Å². The SMILES string of the molecule is COc1ccc(N2CC(C(=O)Nc3ccc(Nc4cc(N5CCCC5)cnn4)cc3)CC2=O)cc1. The summed E-state index contributed by atoms with van der Waals surface area (Å²) in [4.78, 5) is 29.3. The molecule has 3 heterocycles. The van der Waals surface area contributed by atoms with Gasteiger partial charge in [0.15, 0.2) is 5.82 Å². The van der Waals surface area contributed by atoms with Crippen molar-refractivity contribution in [3.05, 3.63) is 60.8 Å². The highest BCUT2D eigenvalue weighted by Gasteiger charge is 2.35. The number of benzene rings is 2. The van der Waals surface area contributed by atoms with E-state index < -0.39 is 5.92 Å². The molecule has 0 spiro atoms. The summed E-state index contributed by atoms with van der Waals surface area (Å²) in [6.45, 7) is 2.44. The molecule has 0 radical (unpaired) electrons. The van der Waals surface area contributed by atoms with Crippen LogP contribution in [-0.2, 0) is 9.59 Å². The van der Waals surface area contributed by atoms with Crippen LogP contribution < -0.4 is 25.2 Å². The average Bonchev–Trinajstić information content (AvgIpc) is 3.56. The Morgan fingerprint density at radius 3 is 2.43 bits per heavy atom. The van der Waals surface area contributed by atoms with Crippen LogP contribution in [0.4, 0.5) is 28.6 Å². The predicted octanol–water partition coefficient (Wildman–Crippen LogP) is 3.82. The van der Waals surface area contributed by atoms with Crippen LogP contribution in [0.1, 0.15) is 19.3 Å². The molecule has 5 rings (SSSR count). The van der Waals surface area contributed by atoms with Crippen molar-refractivity contribution in [3.63, 3.8) is 0 Å². The second kappa shape index (κ2) is 10.0. The van der Waals surface area contributed by atoms with Gasteiger partial charge in [-0.1, -0.05) is 0 Å². The molecule has 2 aliphatic heterocycles. The maximum Gasteiger partial charge on any atom is 0.229 e. The number of aromatic nitrogens is 2. The molecule has 0 aliphatic carbocycles. The lowest BCUT2D eigenvalue weighted by molar-refractivity contribution is -0.122. The molecule has 2 fully saturated rings. The largest absolute Gasteiger partial charge is 0.497 e. The fraction of sp³-hybridized carbons (Fsp3) is 0.308. The van der Waals surface area contributed by atoms with Crippen LogP contribution in [0.2, 0.25) is 0 Å². The van der Waals surface area contributed by atoms with Crippen LogP contribution in [0.25, 0.3) is 0 Å². The monoisotopic (exact) mass is 472 g/mol. The van der Waals surface area contributed by atoms with Gasteiger partial charge >= 0.3 is 0 Å². The molecule has 35 heavy (non-hydrogen) atoms. The van der Waals surface area contributed by atoms with E-state index in [1.807, 2.05) is 42.5 Å². The molecular formula is C26H28N6O3. The highest BCUT2D eigenvalue weighted by Crippen LogP contribution is 2.28. The van der Waals surface area contributed by atoms with E-state index in [1.165, 1.54) is 12.8 Å². The van der Waals surface area contributed by atoms with E-state index in [2.05, 4.69) is 25.7 Å². The molecule has 2 aromatic carbocycles. The molecule has 1 aromatic heterocycles. The fourth-order valence-corrected chi connectivity index (χ4v) is 4.49. The third kappa shape index (κ3) is 5.18. The van der Waals surface area contributed by atoms with Crippen molar-refractivity contribution in [2.45, 2.75) is 19.3 Å². The number of amides is 2. The Balaban J connectivity index is 1.18. The minimum Gasteiger partial charge on any atom is -0.497 e. The van der Waals surface area contributed by atoms with Gasteiger partial charge in [-0.25, -0.2) is 0 Å².